The Bertz CT molecular complexity index is 454. The largest absolute Gasteiger partial charge is 0.353 e. The van der Waals surface area contributed by atoms with E-state index in [1.807, 2.05) is 0 Å². The molecule has 0 amide bonds. The highest BCUT2D eigenvalue weighted by molar-refractivity contribution is 5.48. The van der Waals surface area contributed by atoms with Gasteiger partial charge >= 0.3 is 0 Å². The highest BCUT2D eigenvalue weighted by atomic mass is 15.2. The van der Waals surface area contributed by atoms with Crippen molar-refractivity contribution in [1.29, 1.82) is 0 Å². The quantitative estimate of drug-likeness (QED) is 0.891. The van der Waals surface area contributed by atoms with E-state index >= 15 is 0 Å². The van der Waals surface area contributed by atoms with Crippen LogP contribution in [0.15, 0.2) is 12.3 Å². The number of nitrogens with zero attached hydrogens (tertiary/aromatic N) is 2. The van der Waals surface area contributed by atoms with E-state index in [4.69, 9.17) is 4.98 Å². The Morgan fingerprint density at radius 3 is 2.85 bits per heavy atom. The molecule has 1 atom stereocenters. The molecule has 3 nitrogen and oxygen atoms in total. The van der Waals surface area contributed by atoms with E-state index in [2.05, 4.69) is 36.3 Å². The summed E-state index contributed by atoms with van der Waals surface area (Å²) >= 11 is 0. The first kappa shape index (κ1) is 13.9. The number of nitrogens with one attached hydrogen (secondary N) is 1. The molecule has 0 radical (unpaired) electrons. The predicted molar refractivity (Wildman–Crippen MR) is 84.1 cm³/mol. The lowest BCUT2D eigenvalue weighted by Gasteiger charge is -2.37. The van der Waals surface area contributed by atoms with Gasteiger partial charge in [0.1, 0.15) is 5.82 Å². The molecule has 1 aliphatic carbocycles. The van der Waals surface area contributed by atoms with Crippen molar-refractivity contribution in [3.63, 3.8) is 0 Å². The smallest absolute Gasteiger partial charge is 0.131 e. The number of hydrogen-bond acceptors (Lipinski definition) is 3. The summed E-state index contributed by atoms with van der Waals surface area (Å²) in [6.45, 7) is 6.65. The molecule has 20 heavy (non-hydrogen) atoms. The van der Waals surface area contributed by atoms with Crippen LogP contribution in [0.25, 0.3) is 0 Å². The Morgan fingerprint density at radius 2 is 2.15 bits per heavy atom. The maximum Gasteiger partial charge on any atom is 0.131 e. The van der Waals surface area contributed by atoms with E-state index < -0.39 is 0 Å². The van der Waals surface area contributed by atoms with Crippen LogP contribution < -0.4 is 10.2 Å². The second-order valence-electron chi connectivity index (χ2n) is 6.39. The van der Waals surface area contributed by atoms with E-state index in [0.29, 0.717) is 6.04 Å². The topological polar surface area (TPSA) is 28.2 Å². The van der Waals surface area contributed by atoms with Gasteiger partial charge in [0.05, 0.1) is 0 Å². The van der Waals surface area contributed by atoms with Gasteiger partial charge in [-0.1, -0.05) is 6.92 Å². The lowest BCUT2D eigenvalue weighted by Crippen LogP contribution is -2.40. The van der Waals surface area contributed by atoms with Gasteiger partial charge in [-0.2, -0.15) is 0 Å². The molecule has 1 N–H and O–H groups in total. The number of pyridine rings is 1. The van der Waals surface area contributed by atoms with Crippen LogP contribution in [0.4, 0.5) is 5.82 Å². The first-order valence-electron chi connectivity index (χ1n) is 8.23. The summed E-state index contributed by atoms with van der Waals surface area (Å²) < 4.78 is 0. The maximum atomic E-state index is 4.78. The molecule has 0 spiro atoms. The van der Waals surface area contributed by atoms with Crippen molar-refractivity contribution in [3.05, 3.63) is 23.4 Å². The number of rotatable bonds is 5. The van der Waals surface area contributed by atoms with Crippen LogP contribution in [0.3, 0.4) is 0 Å². The SMILES string of the molecule is CCC1CCCCN1c1ncc(CNC2CC2)cc1C. The highest BCUT2D eigenvalue weighted by Crippen LogP contribution is 2.28. The molecule has 3 rings (SSSR count). The fourth-order valence-corrected chi connectivity index (χ4v) is 3.28. The van der Waals surface area contributed by atoms with Crippen LogP contribution in [0.5, 0.6) is 0 Å². The molecule has 110 valence electrons. The highest BCUT2D eigenvalue weighted by Gasteiger charge is 2.23. The first-order valence-corrected chi connectivity index (χ1v) is 8.23. The van der Waals surface area contributed by atoms with E-state index in [0.717, 1.165) is 12.6 Å². The third-order valence-electron chi connectivity index (χ3n) is 4.65. The molecule has 2 heterocycles. The molecule has 1 saturated heterocycles. The second kappa shape index (κ2) is 6.13. The lowest BCUT2D eigenvalue weighted by molar-refractivity contribution is 0.446. The third-order valence-corrected chi connectivity index (χ3v) is 4.65. The Balaban J connectivity index is 1.71. The van der Waals surface area contributed by atoms with Crippen molar-refractivity contribution in [1.82, 2.24) is 10.3 Å². The Hall–Kier alpha value is -1.09. The average molecular weight is 273 g/mol. The fourth-order valence-electron chi connectivity index (χ4n) is 3.28. The lowest BCUT2D eigenvalue weighted by atomic mass is 9.99. The second-order valence-corrected chi connectivity index (χ2v) is 6.39. The van der Waals surface area contributed by atoms with Gasteiger partial charge in [0, 0.05) is 31.4 Å². The van der Waals surface area contributed by atoms with E-state index in [1.165, 1.54) is 62.0 Å². The minimum absolute atomic E-state index is 0.686. The molecule has 1 aromatic heterocycles. The van der Waals surface area contributed by atoms with E-state index in [-0.39, 0.29) is 0 Å². The van der Waals surface area contributed by atoms with Gasteiger partial charge in [0.25, 0.3) is 0 Å². The molecule has 0 aromatic carbocycles. The predicted octanol–water partition coefficient (Wildman–Crippen LogP) is 3.41. The van der Waals surface area contributed by atoms with Crippen molar-refractivity contribution < 1.29 is 0 Å². The van der Waals surface area contributed by atoms with Gasteiger partial charge in [0.15, 0.2) is 0 Å². The van der Waals surface area contributed by atoms with Crippen LogP contribution in [-0.4, -0.2) is 23.6 Å². The molecule has 1 unspecified atom stereocenters. The summed E-state index contributed by atoms with van der Waals surface area (Å²) in [5, 5.41) is 3.57. The van der Waals surface area contributed by atoms with Crippen molar-refractivity contribution >= 4 is 5.82 Å². The van der Waals surface area contributed by atoms with Gasteiger partial charge in [-0.25, -0.2) is 4.98 Å². The Kier molecular flexibility index (Phi) is 4.25. The van der Waals surface area contributed by atoms with E-state index in [9.17, 15) is 0 Å². The zero-order chi connectivity index (χ0) is 13.9. The number of hydrogen-bond donors (Lipinski definition) is 1. The number of aromatic nitrogens is 1. The summed E-state index contributed by atoms with van der Waals surface area (Å²) in [5.41, 5.74) is 2.66. The van der Waals surface area contributed by atoms with E-state index in [1.54, 1.807) is 0 Å². The zero-order valence-corrected chi connectivity index (χ0v) is 12.9. The summed E-state index contributed by atoms with van der Waals surface area (Å²) in [7, 11) is 0. The van der Waals surface area contributed by atoms with Crippen LogP contribution in [0.2, 0.25) is 0 Å². The maximum absolute atomic E-state index is 4.78. The summed E-state index contributed by atoms with van der Waals surface area (Å²) in [6, 6.07) is 3.77. The van der Waals surface area contributed by atoms with Crippen molar-refractivity contribution in [3.8, 4) is 0 Å². The van der Waals surface area contributed by atoms with Gasteiger partial charge in [-0.15, -0.1) is 0 Å². The molecule has 1 aliphatic heterocycles. The normalized spacial score (nSPS) is 23.1. The monoisotopic (exact) mass is 273 g/mol. The average Bonchev–Trinajstić information content (AvgIpc) is 3.29. The van der Waals surface area contributed by atoms with Gasteiger partial charge in [-0.05, 0) is 62.6 Å². The Labute approximate surface area is 122 Å². The number of anilines is 1. The standard InChI is InChI=1S/C17H27N3/c1-3-16-6-4-5-9-20(16)17-13(2)10-14(12-19-17)11-18-15-7-8-15/h10,12,15-16,18H,3-9,11H2,1-2H3. The Morgan fingerprint density at radius 1 is 1.30 bits per heavy atom. The van der Waals surface area contributed by atoms with Crippen molar-refractivity contribution in [2.45, 2.75) is 71.0 Å². The van der Waals surface area contributed by atoms with Crippen molar-refractivity contribution in [2.24, 2.45) is 0 Å². The zero-order valence-electron chi connectivity index (χ0n) is 12.9. The molecule has 3 heteroatoms. The van der Waals surface area contributed by atoms with Gasteiger partial charge in [0.2, 0.25) is 0 Å². The summed E-state index contributed by atoms with van der Waals surface area (Å²) in [4.78, 5) is 7.32. The molecule has 1 aromatic rings. The van der Waals surface area contributed by atoms with Gasteiger partial charge in [-0.3, -0.25) is 0 Å². The minimum atomic E-state index is 0.686. The van der Waals surface area contributed by atoms with Crippen LogP contribution in [0, 0.1) is 6.92 Å². The molecular formula is C17H27N3. The van der Waals surface area contributed by atoms with Crippen molar-refractivity contribution in [2.75, 3.05) is 11.4 Å². The summed E-state index contributed by atoms with van der Waals surface area (Å²) in [6.07, 6.45) is 9.99. The van der Waals surface area contributed by atoms with Gasteiger partial charge < -0.3 is 10.2 Å². The molecule has 0 bridgehead atoms. The molecule has 2 aliphatic rings. The fraction of sp³-hybridized carbons (Fsp3) is 0.706. The number of aryl methyl sites for hydroxylation is 1. The molecular weight excluding hydrogens is 246 g/mol. The van der Waals surface area contributed by atoms with Crippen LogP contribution in [-0.2, 0) is 6.54 Å². The molecule has 2 fully saturated rings. The molecule has 1 saturated carbocycles. The number of piperidine rings is 1. The van der Waals surface area contributed by atoms with Crippen LogP contribution in [0.1, 0.15) is 56.6 Å². The minimum Gasteiger partial charge on any atom is -0.353 e. The third kappa shape index (κ3) is 3.14. The first-order chi connectivity index (χ1) is 9.78. The van der Waals surface area contributed by atoms with Crippen LogP contribution >= 0.6 is 0 Å². The summed E-state index contributed by atoms with van der Waals surface area (Å²) in [5.74, 6) is 1.21.